The number of unbranched alkanes of at least 4 members (excludes halogenated alkanes) is 2. The fourth-order valence-electron chi connectivity index (χ4n) is 3.22. The Morgan fingerprint density at radius 2 is 1.84 bits per heavy atom. The molecule has 1 unspecified atom stereocenters. The Morgan fingerprint density at radius 3 is 2.48 bits per heavy atom. The molecule has 0 saturated heterocycles. The van der Waals surface area contributed by atoms with E-state index in [4.69, 9.17) is 4.74 Å². The van der Waals surface area contributed by atoms with Gasteiger partial charge in [-0.2, -0.15) is 0 Å². The van der Waals surface area contributed by atoms with Crippen molar-refractivity contribution in [3.05, 3.63) is 51.7 Å². The molecule has 170 valence electrons. The molecule has 1 aromatic carbocycles. The molecule has 6 nitrogen and oxygen atoms in total. The molecular weight excluding hydrogens is 412 g/mol. The maximum atomic E-state index is 12.0. The topological polar surface area (TPSA) is 78.9 Å². The van der Waals surface area contributed by atoms with Crippen molar-refractivity contribution in [1.29, 1.82) is 0 Å². The number of ether oxygens (including phenoxy) is 1. The number of thiophene rings is 1. The fourth-order valence-corrected chi connectivity index (χ4v) is 4.16. The van der Waals surface area contributed by atoms with Crippen molar-refractivity contribution in [2.24, 2.45) is 0 Å². The van der Waals surface area contributed by atoms with Crippen molar-refractivity contribution in [2.75, 3.05) is 18.6 Å². The van der Waals surface area contributed by atoms with Crippen molar-refractivity contribution < 1.29 is 19.4 Å². The average molecular weight is 447 g/mol. The second-order valence-corrected chi connectivity index (χ2v) is 8.67. The van der Waals surface area contributed by atoms with E-state index in [1.165, 1.54) is 18.3 Å². The van der Waals surface area contributed by atoms with Gasteiger partial charge in [-0.3, -0.25) is 15.2 Å². The summed E-state index contributed by atoms with van der Waals surface area (Å²) in [6.45, 7) is 6.38. The smallest absolute Gasteiger partial charge is 0.348 e. The molecule has 31 heavy (non-hydrogen) atoms. The van der Waals surface area contributed by atoms with Crippen LogP contribution < -0.4 is 5.43 Å². The molecule has 0 aliphatic rings. The van der Waals surface area contributed by atoms with Crippen molar-refractivity contribution in [1.82, 2.24) is 5.01 Å². The molecule has 0 saturated carbocycles. The molecule has 2 rings (SSSR count). The van der Waals surface area contributed by atoms with E-state index in [-0.39, 0.29) is 11.9 Å². The standard InChI is InChI=1S/C24H34N2O4S/c1-4-6-7-10-22(28)19-11-13-20(14-12-19)25-26(18(3)27)17-8-9-21-15-16-23(31-21)24(29)30-5-2/h11-16,22,25,28H,4-10,17H2,1-3H3. The second-order valence-electron chi connectivity index (χ2n) is 7.51. The van der Waals surface area contributed by atoms with E-state index < -0.39 is 6.10 Å². The molecule has 0 aliphatic carbocycles. The number of carbonyl (C=O) groups excluding carboxylic acids is 2. The van der Waals surface area contributed by atoms with Crippen molar-refractivity contribution in [3.8, 4) is 0 Å². The summed E-state index contributed by atoms with van der Waals surface area (Å²) in [7, 11) is 0. The van der Waals surface area contributed by atoms with Gasteiger partial charge in [0.05, 0.1) is 18.4 Å². The summed E-state index contributed by atoms with van der Waals surface area (Å²) >= 11 is 1.43. The Kier molecular flexibility index (Phi) is 10.5. The Hall–Kier alpha value is -2.38. The van der Waals surface area contributed by atoms with Gasteiger partial charge >= 0.3 is 5.97 Å². The van der Waals surface area contributed by atoms with Crippen molar-refractivity contribution in [2.45, 2.75) is 65.4 Å². The van der Waals surface area contributed by atoms with Gasteiger partial charge in [-0.25, -0.2) is 4.79 Å². The minimum atomic E-state index is -0.449. The molecule has 2 N–H and O–H groups in total. The first-order chi connectivity index (χ1) is 14.9. The van der Waals surface area contributed by atoms with Crippen LogP contribution in [0, 0.1) is 0 Å². The summed E-state index contributed by atoms with van der Waals surface area (Å²) in [5, 5.41) is 11.9. The minimum Gasteiger partial charge on any atom is -0.462 e. The third-order valence-electron chi connectivity index (χ3n) is 4.96. The van der Waals surface area contributed by atoms with E-state index in [0.717, 1.165) is 54.7 Å². The van der Waals surface area contributed by atoms with Crippen LogP contribution in [0.1, 0.15) is 79.1 Å². The summed E-state index contributed by atoms with van der Waals surface area (Å²) in [6.07, 6.45) is 5.13. The van der Waals surface area contributed by atoms with Crippen LogP contribution in [-0.4, -0.2) is 35.1 Å². The zero-order valence-electron chi connectivity index (χ0n) is 18.7. The lowest BCUT2D eigenvalue weighted by molar-refractivity contribution is -0.127. The highest BCUT2D eigenvalue weighted by Gasteiger charge is 2.13. The SMILES string of the molecule is CCCCCC(O)c1ccc(NN(CCCc2ccc(C(=O)OCC)s2)C(C)=O)cc1. The average Bonchev–Trinajstić information content (AvgIpc) is 3.23. The van der Waals surface area contributed by atoms with E-state index in [9.17, 15) is 14.7 Å². The zero-order chi connectivity index (χ0) is 22.6. The summed E-state index contributed by atoms with van der Waals surface area (Å²) < 4.78 is 5.02. The van der Waals surface area contributed by atoms with Crippen molar-refractivity contribution >= 4 is 28.9 Å². The van der Waals surface area contributed by atoms with Gasteiger partial charge in [0, 0.05) is 18.3 Å². The lowest BCUT2D eigenvalue weighted by Crippen LogP contribution is -2.35. The Labute approximate surface area is 189 Å². The number of benzene rings is 1. The molecule has 1 heterocycles. The molecule has 1 aromatic heterocycles. The summed E-state index contributed by atoms with van der Waals surface area (Å²) in [5.41, 5.74) is 4.86. The number of anilines is 1. The van der Waals surface area contributed by atoms with Crippen LogP contribution in [-0.2, 0) is 16.0 Å². The number of hydrogen-bond donors (Lipinski definition) is 2. The molecule has 1 atom stereocenters. The maximum Gasteiger partial charge on any atom is 0.348 e. The van der Waals surface area contributed by atoms with E-state index in [1.807, 2.05) is 30.3 Å². The second kappa shape index (κ2) is 13.1. The number of aliphatic hydroxyl groups is 1. The lowest BCUT2D eigenvalue weighted by atomic mass is 10.0. The molecule has 2 aromatic rings. The molecule has 0 spiro atoms. The number of amides is 1. The zero-order valence-corrected chi connectivity index (χ0v) is 19.5. The van der Waals surface area contributed by atoms with Gasteiger partial charge in [0.15, 0.2) is 0 Å². The van der Waals surface area contributed by atoms with E-state index in [0.29, 0.717) is 18.0 Å². The third-order valence-corrected chi connectivity index (χ3v) is 6.09. The fraction of sp³-hybridized carbons (Fsp3) is 0.500. The summed E-state index contributed by atoms with van der Waals surface area (Å²) in [4.78, 5) is 25.5. The van der Waals surface area contributed by atoms with E-state index >= 15 is 0 Å². The number of hydrogen-bond acceptors (Lipinski definition) is 6. The van der Waals surface area contributed by atoms with Crippen molar-refractivity contribution in [3.63, 3.8) is 0 Å². The number of nitrogens with one attached hydrogen (secondary N) is 1. The minimum absolute atomic E-state index is 0.0675. The van der Waals surface area contributed by atoms with Gasteiger partial charge in [0.1, 0.15) is 4.88 Å². The summed E-state index contributed by atoms with van der Waals surface area (Å²) in [6, 6.07) is 11.3. The van der Waals surface area contributed by atoms with Crippen LogP contribution >= 0.6 is 11.3 Å². The lowest BCUT2D eigenvalue weighted by Gasteiger charge is -2.23. The molecule has 7 heteroatoms. The van der Waals surface area contributed by atoms with Gasteiger partial charge in [-0.15, -0.1) is 11.3 Å². The van der Waals surface area contributed by atoms with E-state index in [2.05, 4.69) is 12.3 Å². The van der Waals surface area contributed by atoms with Crippen LogP contribution in [0.4, 0.5) is 5.69 Å². The first kappa shape index (κ1) is 24.9. The van der Waals surface area contributed by atoms with E-state index in [1.54, 1.807) is 18.0 Å². The molecule has 0 aliphatic heterocycles. The monoisotopic (exact) mass is 446 g/mol. The molecule has 0 bridgehead atoms. The Bertz CT molecular complexity index is 819. The molecule has 1 amide bonds. The number of hydrazine groups is 1. The highest BCUT2D eigenvalue weighted by atomic mass is 32.1. The number of aryl methyl sites for hydroxylation is 1. The van der Waals surface area contributed by atoms with Gasteiger partial charge < -0.3 is 9.84 Å². The first-order valence-electron chi connectivity index (χ1n) is 11.0. The van der Waals surface area contributed by atoms with Crippen LogP contribution in [0.3, 0.4) is 0 Å². The highest BCUT2D eigenvalue weighted by molar-refractivity contribution is 7.13. The van der Waals surface area contributed by atoms with Gasteiger partial charge in [0.25, 0.3) is 0 Å². The number of carbonyl (C=O) groups is 2. The van der Waals surface area contributed by atoms with Gasteiger partial charge in [0.2, 0.25) is 5.91 Å². The Balaban J connectivity index is 1.84. The quantitative estimate of drug-likeness (QED) is 0.246. The normalized spacial score (nSPS) is 11.7. The highest BCUT2D eigenvalue weighted by Crippen LogP contribution is 2.22. The molecular formula is C24H34N2O4S. The van der Waals surface area contributed by atoms with Gasteiger partial charge in [-0.05, 0) is 56.0 Å². The third kappa shape index (κ3) is 8.34. The summed E-state index contributed by atoms with van der Waals surface area (Å²) in [5.74, 6) is -0.355. The predicted octanol–water partition coefficient (Wildman–Crippen LogP) is 5.35. The van der Waals surface area contributed by atoms with Crippen LogP contribution in [0.25, 0.3) is 0 Å². The number of esters is 1. The molecule has 0 radical (unpaired) electrons. The largest absolute Gasteiger partial charge is 0.462 e. The predicted molar refractivity (Wildman–Crippen MR) is 125 cm³/mol. The van der Waals surface area contributed by atoms with Gasteiger partial charge in [-0.1, -0.05) is 38.3 Å². The van der Waals surface area contributed by atoms with Crippen LogP contribution in [0.5, 0.6) is 0 Å². The molecule has 0 fully saturated rings. The van der Waals surface area contributed by atoms with Crippen LogP contribution in [0.2, 0.25) is 0 Å². The number of aliphatic hydroxyl groups excluding tert-OH is 1. The number of nitrogens with zero attached hydrogens (tertiary/aromatic N) is 1. The number of rotatable bonds is 13. The maximum absolute atomic E-state index is 12.0. The van der Waals surface area contributed by atoms with Crippen LogP contribution in [0.15, 0.2) is 36.4 Å². The first-order valence-corrected chi connectivity index (χ1v) is 11.8. The Morgan fingerprint density at radius 1 is 1.10 bits per heavy atom.